The lowest BCUT2D eigenvalue weighted by Gasteiger charge is -2.24. The quantitative estimate of drug-likeness (QED) is 0.0211. The number of esters is 2. The third kappa shape index (κ3) is 73.5. The molecule has 0 saturated heterocycles. The summed E-state index contributed by atoms with van der Waals surface area (Å²) in [7, 11) is 1.47. The zero-order valence-electron chi connectivity index (χ0n) is 59.1. The van der Waals surface area contributed by atoms with Crippen LogP contribution in [-0.4, -0.2) is 74.9 Å². The fourth-order valence-electron chi connectivity index (χ4n) is 10.3. The minimum Gasteiger partial charge on any atom is -0.462 e. The van der Waals surface area contributed by atoms with Crippen LogP contribution < -0.4 is 0 Å². The van der Waals surface area contributed by atoms with Crippen LogP contribution in [0.5, 0.6) is 0 Å². The lowest BCUT2D eigenvalue weighted by atomic mass is 10.0. The summed E-state index contributed by atoms with van der Waals surface area (Å²) in [6.45, 7) is 4.33. The van der Waals surface area contributed by atoms with Crippen LogP contribution in [0.2, 0.25) is 0 Å². The molecule has 2 atom stereocenters. The SMILES string of the molecule is CC/C=C\C/C=C\C/C=C\C/C=C\C/C=C\C/C=C\C/C=C\C/C=C\CCCCCCCCCCCCC(=O)OC(COC(=O)CCCCCCCCCCCCCCCCCCCCC/C=C\C/C=C\CCCCCCC)COP(=O)(O)OCC[N+](C)(C)C. The summed E-state index contributed by atoms with van der Waals surface area (Å²) in [6.07, 6.45) is 100. The minimum atomic E-state index is -4.40. The fourth-order valence-corrected chi connectivity index (χ4v) is 11.0. The molecule has 9 nitrogen and oxygen atoms in total. The van der Waals surface area contributed by atoms with Crippen molar-refractivity contribution < 1.29 is 42.1 Å². The van der Waals surface area contributed by atoms with Gasteiger partial charge >= 0.3 is 19.8 Å². The van der Waals surface area contributed by atoms with Crippen molar-refractivity contribution in [3.8, 4) is 0 Å². The van der Waals surface area contributed by atoms with Crippen molar-refractivity contribution in [2.24, 2.45) is 0 Å². The highest BCUT2D eigenvalue weighted by molar-refractivity contribution is 7.47. The molecule has 0 spiro atoms. The van der Waals surface area contributed by atoms with Gasteiger partial charge in [-0.25, -0.2) is 4.57 Å². The van der Waals surface area contributed by atoms with Gasteiger partial charge in [0, 0.05) is 12.8 Å². The first-order chi connectivity index (χ1) is 44.0. The van der Waals surface area contributed by atoms with Crippen molar-refractivity contribution in [1.82, 2.24) is 0 Å². The Kier molecular flexibility index (Phi) is 67.0. The third-order valence-electron chi connectivity index (χ3n) is 16.0. The largest absolute Gasteiger partial charge is 0.472 e. The monoisotopic (exact) mass is 1280 g/mol. The Balaban J connectivity index is 4.05. The zero-order valence-corrected chi connectivity index (χ0v) is 60.0. The Morgan fingerprint density at radius 2 is 0.633 bits per heavy atom. The third-order valence-corrected chi connectivity index (χ3v) is 17.0. The van der Waals surface area contributed by atoms with E-state index in [0.29, 0.717) is 17.4 Å². The van der Waals surface area contributed by atoms with Gasteiger partial charge in [0.1, 0.15) is 19.8 Å². The molecule has 10 heteroatoms. The predicted molar refractivity (Wildman–Crippen MR) is 390 cm³/mol. The van der Waals surface area contributed by atoms with Gasteiger partial charge in [0.05, 0.1) is 27.7 Å². The maximum absolute atomic E-state index is 12.9. The summed E-state index contributed by atoms with van der Waals surface area (Å²) in [6, 6.07) is 0. The number of phosphoric ester groups is 1. The number of carbonyl (C=O) groups excluding carboxylic acids is 2. The second-order valence-corrected chi connectivity index (χ2v) is 27.4. The molecule has 0 aromatic carbocycles. The van der Waals surface area contributed by atoms with E-state index in [9.17, 15) is 19.0 Å². The molecule has 0 saturated carbocycles. The van der Waals surface area contributed by atoms with Gasteiger partial charge in [0.15, 0.2) is 6.10 Å². The summed E-state index contributed by atoms with van der Waals surface area (Å²) in [5.74, 6) is -0.796. The number of nitrogens with zero attached hydrogens (tertiary/aromatic N) is 1. The normalized spacial score (nSPS) is 13.8. The smallest absolute Gasteiger partial charge is 0.462 e. The van der Waals surface area contributed by atoms with E-state index in [-0.39, 0.29) is 32.0 Å². The topological polar surface area (TPSA) is 108 Å². The Bertz CT molecular complexity index is 1940. The van der Waals surface area contributed by atoms with Crippen molar-refractivity contribution in [3.05, 3.63) is 122 Å². The van der Waals surface area contributed by atoms with Crippen molar-refractivity contribution in [2.75, 3.05) is 47.5 Å². The molecule has 90 heavy (non-hydrogen) atoms. The number of unbranched alkanes of at least 4 members (excludes halogenated alkanes) is 34. The van der Waals surface area contributed by atoms with Crippen LogP contribution in [0, 0.1) is 0 Å². The van der Waals surface area contributed by atoms with E-state index in [2.05, 4.69) is 135 Å². The highest BCUT2D eigenvalue weighted by Crippen LogP contribution is 2.43. The van der Waals surface area contributed by atoms with Gasteiger partial charge in [-0.05, 0) is 109 Å². The molecule has 0 fully saturated rings. The van der Waals surface area contributed by atoms with Crippen LogP contribution in [-0.2, 0) is 32.7 Å². The Morgan fingerprint density at radius 3 is 0.944 bits per heavy atom. The lowest BCUT2D eigenvalue weighted by molar-refractivity contribution is -0.870. The maximum atomic E-state index is 12.9. The van der Waals surface area contributed by atoms with Gasteiger partial charge < -0.3 is 18.9 Å². The van der Waals surface area contributed by atoms with Crippen LogP contribution >= 0.6 is 7.82 Å². The molecule has 0 radical (unpaired) electrons. The van der Waals surface area contributed by atoms with Gasteiger partial charge in [-0.1, -0.05) is 322 Å². The van der Waals surface area contributed by atoms with Crippen LogP contribution in [0.4, 0.5) is 0 Å². The van der Waals surface area contributed by atoms with Crippen LogP contribution in [0.25, 0.3) is 0 Å². The molecule has 0 rings (SSSR count). The molecule has 0 bridgehead atoms. The van der Waals surface area contributed by atoms with E-state index in [1.54, 1.807) is 0 Å². The molecule has 1 N–H and O–H groups in total. The van der Waals surface area contributed by atoms with Gasteiger partial charge in [-0.15, -0.1) is 0 Å². The zero-order chi connectivity index (χ0) is 65.5. The van der Waals surface area contributed by atoms with Crippen molar-refractivity contribution in [1.29, 1.82) is 0 Å². The van der Waals surface area contributed by atoms with Gasteiger partial charge in [-0.2, -0.15) is 0 Å². The van der Waals surface area contributed by atoms with Crippen LogP contribution in [0.15, 0.2) is 122 Å². The number of likely N-dealkylation sites (N-methyl/N-ethyl adjacent to an activating group) is 1. The van der Waals surface area contributed by atoms with Crippen molar-refractivity contribution in [3.63, 3.8) is 0 Å². The number of rotatable bonds is 68. The van der Waals surface area contributed by atoms with Gasteiger partial charge in [-0.3, -0.25) is 18.6 Å². The summed E-state index contributed by atoms with van der Waals surface area (Å²) >= 11 is 0. The summed E-state index contributed by atoms with van der Waals surface area (Å²) in [5.41, 5.74) is 0. The predicted octanol–water partition coefficient (Wildman–Crippen LogP) is 24.6. The summed E-state index contributed by atoms with van der Waals surface area (Å²) < 4.78 is 34.8. The van der Waals surface area contributed by atoms with Crippen LogP contribution in [0.3, 0.4) is 0 Å². The molecule has 2 unspecified atom stereocenters. The second-order valence-electron chi connectivity index (χ2n) is 25.9. The Labute approximate surface area is 556 Å². The van der Waals surface area contributed by atoms with Crippen LogP contribution in [0.1, 0.15) is 322 Å². The first-order valence-electron chi connectivity index (χ1n) is 37.3. The fraction of sp³-hybridized carbons (Fsp3) is 0.725. The first-order valence-corrected chi connectivity index (χ1v) is 38.8. The number of quaternary nitrogens is 1. The minimum absolute atomic E-state index is 0.0270. The Morgan fingerprint density at radius 1 is 0.356 bits per heavy atom. The van der Waals surface area contributed by atoms with Crippen molar-refractivity contribution >= 4 is 19.8 Å². The van der Waals surface area contributed by atoms with Gasteiger partial charge in [0.25, 0.3) is 0 Å². The number of hydrogen-bond acceptors (Lipinski definition) is 7. The van der Waals surface area contributed by atoms with E-state index in [4.69, 9.17) is 18.5 Å². The first kappa shape index (κ1) is 86.4. The molecule has 0 amide bonds. The molecular weight excluding hydrogens is 1130 g/mol. The molecule has 0 aliphatic carbocycles. The molecule has 0 aromatic heterocycles. The molecule has 0 aliphatic rings. The summed E-state index contributed by atoms with van der Waals surface area (Å²) in [5, 5.41) is 0. The number of carbonyl (C=O) groups is 2. The standard InChI is InChI=1S/C80H140NO8P/c1-6-8-10-12-14-16-18-20-22-24-26-28-30-32-34-36-38-39-40-41-43-45-47-49-51-53-55-57-59-61-63-65-67-69-71-73-80(83)89-78(77-88-90(84,85)87-75-74-81(3,4)5)76-86-79(82)72-70-68-66-64-62-60-58-56-54-52-50-48-46-44-42-37-35-33-31-29-27-25-23-21-19-17-15-13-11-9-7-2/h8,10,14,16,19-22,25-28,32,34,38-39,41,43,47,49,78H,6-7,9,11-13,15,17-18,23-24,29-31,33,35-37,40,42,44-46,48,50-77H2,1-5H3/p+1/b10-8-,16-14-,21-19-,22-20-,27-25-,28-26-,34-32-,39-38-,43-41-,49-47-. The molecule has 0 heterocycles. The number of allylic oxidation sites excluding steroid dienone is 20. The van der Waals surface area contributed by atoms with E-state index in [1.165, 1.54) is 186 Å². The highest BCUT2D eigenvalue weighted by atomic mass is 31.2. The van der Waals surface area contributed by atoms with E-state index >= 15 is 0 Å². The average Bonchev–Trinajstić information content (AvgIpc) is 3.61. The average molecular weight is 1280 g/mol. The number of phosphoric acid groups is 1. The molecule has 0 aliphatic heterocycles. The lowest BCUT2D eigenvalue weighted by Crippen LogP contribution is -2.37. The van der Waals surface area contributed by atoms with E-state index in [1.807, 2.05) is 21.1 Å². The highest BCUT2D eigenvalue weighted by Gasteiger charge is 2.27. The Hall–Kier alpha value is -3.59. The van der Waals surface area contributed by atoms with Gasteiger partial charge in [0.2, 0.25) is 0 Å². The van der Waals surface area contributed by atoms with E-state index < -0.39 is 26.5 Å². The molecular formula is C80H141NO8P+. The number of ether oxygens (including phenoxy) is 2. The summed E-state index contributed by atoms with van der Waals surface area (Å²) in [4.78, 5) is 35.9. The molecule has 518 valence electrons. The van der Waals surface area contributed by atoms with Crippen molar-refractivity contribution in [2.45, 2.75) is 328 Å². The second kappa shape index (κ2) is 69.7. The maximum Gasteiger partial charge on any atom is 0.472 e. The molecule has 0 aromatic rings. The number of hydrogen-bond donors (Lipinski definition) is 1. The van der Waals surface area contributed by atoms with E-state index in [0.717, 1.165) is 103 Å².